The number of aryl methyl sites for hydroxylation is 1. The van der Waals surface area contributed by atoms with Crippen molar-refractivity contribution < 1.29 is 5.21 Å². The number of hydrogen-bond acceptors (Lipinski definition) is 6. The molecule has 2 rings (SSSR count). The van der Waals surface area contributed by atoms with Crippen LogP contribution in [0.25, 0.3) is 5.82 Å². The molecular weight excluding hydrogens is 238 g/mol. The van der Waals surface area contributed by atoms with E-state index in [0.29, 0.717) is 6.54 Å². The number of amidine groups is 1. The lowest BCUT2D eigenvalue weighted by Crippen LogP contribution is -2.25. The Morgan fingerprint density at radius 2 is 2.33 bits per heavy atom. The normalized spacial score (nSPS) is 11.7. The Bertz CT molecular complexity index is 642. The Morgan fingerprint density at radius 3 is 3.00 bits per heavy atom. The van der Waals surface area contributed by atoms with Crippen LogP contribution in [0, 0.1) is 0 Å². The second kappa shape index (κ2) is 4.65. The fourth-order valence-corrected chi connectivity index (χ4v) is 1.37. The van der Waals surface area contributed by atoms with Gasteiger partial charge >= 0.3 is 0 Å². The fourth-order valence-electron chi connectivity index (χ4n) is 1.37. The van der Waals surface area contributed by atoms with Gasteiger partial charge in [0, 0.05) is 18.9 Å². The summed E-state index contributed by atoms with van der Waals surface area (Å²) in [5.74, 6) is -0.116. The van der Waals surface area contributed by atoms with Crippen LogP contribution in [0.3, 0.4) is 0 Å². The van der Waals surface area contributed by atoms with Crippen molar-refractivity contribution in [2.75, 3.05) is 0 Å². The van der Waals surface area contributed by atoms with Gasteiger partial charge in [-0.25, -0.2) is 9.97 Å². The van der Waals surface area contributed by atoms with E-state index in [4.69, 9.17) is 10.9 Å². The van der Waals surface area contributed by atoms with Gasteiger partial charge in [-0.3, -0.25) is 4.79 Å². The Morgan fingerprint density at radius 1 is 1.56 bits per heavy atom. The van der Waals surface area contributed by atoms with Crippen LogP contribution in [0.5, 0.6) is 0 Å². The van der Waals surface area contributed by atoms with Crippen LogP contribution in [0.2, 0.25) is 0 Å². The quantitative estimate of drug-likeness (QED) is 0.309. The molecule has 0 fully saturated rings. The SMILES string of the molecule is CCn1ccnc(-n2cnc(/C(N)=N/O)n2)c1=O. The highest BCUT2D eigenvalue weighted by molar-refractivity contribution is 5.93. The van der Waals surface area contributed by atoms with Crippen molar-refractivity contribution in [2.24, 2.45) is 10.9 Å². The first-order valence-corrected chi connectivity index (χ1v) is 5.12. The summed E-state index contributed by atoms with van der Waals surface area (Å²) < 4.78 is 2.66. The average molecular weight is 249 g/mol. The summed E-state index contributed by atoms with van der Waals surface area (Å²) in [6, 6.07) is 0. The Kier molecular flexibility index (Phi) is 3.04. The first-order valence-electron chi connectivity index (χ1n) is 5.12. The van der Waals surface area contributed by atoms with E-state index in [-0.39, 0.29) is 23.0 Å². The van der Waals surface area contributed by atoms with Crippen molar-refractivity contribution >= 4 is 5.84 Å². The Hall–Kier alpha value is -2.71. The molecule has 2 aromatic rings. The minimum absolute atomic E-state index is 0.0191. The number of rotatable bonds is 3. The maximum Gasteiger partial charge on any atom is 0.295 e. The smallest absolute Gasteiger partial charge is 0.295 e. The van der Waals surface area contributed by atoms with Gasteiger partial charge in [0.1, 0.15) is 6.33 Å². The summed E-state index contributed by atoms with van der Waals surface area (Å²) in [4.78, 5) is 19.7. The molecule has 0 radical (unpaired) electrons. The van der Waals surface area contributed by atoms with E-state index in [1.807, 2.05) is 6.92 Å². The van der Waals surface area contributed by atoms with E-state index in [1.54, 1.807) is 6.20 Å². The van der Waals surface area contributed by atoms with Crippen LogP contribution in [-0.4, -0.2) is 35.4 Å². The maximum absolute atomic E-state index is 12.0. The number of hydrogen-bond donors (Lipinski definition) is 2. The molecule has 2 aromatic heterocycles. The molecule has 0 aromatic carbocycles. The van der Waals surface area contributed by atoms with E-state index >= 15 is 0 Å². The molecule has 0 unspecified atom stereocenters. The largest absolute Gasteiger partial charge is 0.409 e. The summed E-state index contributed by atoms with van der Waals surface area (Å²) >= 11 is 0. The second-order valence-corrected chi connectivity index (χ2v) is 3.34. The number of aromatic nitrogens is 5. The number of oxime groups is 1. The molecular formula is C9H11N7O2. The van der Waals surface area contributed by atoms with E-state index < -0.39 is 0 Å². The Balaban J connectivity index is 2.50. The summed E-state index contributed by atoms with van der Waals surface area (Å²) in [7, 11) is 0. The summed E-state index contributed by atoms with van der Waals surface area (Å²) in [5, 5.41) is 15.2. The van der Waals surface area contributed by atoms with Crippen molar-refractivity contribution in [1.29, 1.82) is 0 Å². The minimum atomic E-state index is -0.295. The minimum Gasteiger partial charge on any atom is -0.409 e. The lowest BCUT2D eigenvalue weighted by molar-refractivity contribution is 0.318. The first kappa shape index (κ1) is 11.8. The third-order valence-corrected chi connectivity index (χ3v) is 2.28. The van der Waals surface area contributed by atoms with Gasteiger partial charge in [0.2, 0.25) is 17.5 Å². The fraction of sp³-hybridized carbons (Fsp3) is 0.222. The van der Waals surface area contributed by atoms with Crippen LogP contribution in [0.1, 0.15) is 12.7 Å². The standard InChI is InChI=1S/C9H11N7O2/c1-2-15-4-3-11-8(9(15)17)16-5-12-7(13-16)6(10)14-18/h3-5,18H,2H2,1H3,(H2,10,14). The predicted molar refractivity (Wildman–Crippen MR) is 61.6 cm³/mol. The lowest BCUT2D eigenvalue weighted by atomic mass is 10.5. The molecule has 0 bridgehead atoms. The predicted octanol–water partition coefficient (Wildman–Crippen LogP) is -1.06. The first-order chi connectivity index (χ1) is 8.67. The van der Waals surface area contributed by atoms with Crippen LogP contribution < -0.4 is 11.3 Å². The molecule has 9 heteroatoms. The summed E-state index contributed by atoms with van der Waals surface area (Å²) in [5.41, 5.74) is 5.04. The van der Waals surface area contributed by atoms with E-state index in [2.05, 4.69) is 20.2 Å². The third kappa shape index (κ3) is 1.93. The highest BCUT2D eigenvalue weighted by atomic mass is 16.4. The molecule has 0 spiro atoms. The second-order valence-electron chi connectivity index (χ2n) is 3.34. The molecule has 3 N–H and O–H groups in total. The van der Waals surface area contributed by atoms with Crippen LogP contribution in [-0.2, 0) is 6.54 Å². The van der Waals surface area contributed by atoms with Crippen LogP contribution in [0.15, 0.2) is 28.7 Å². The van der Waals surface area contributed by atoms with Gasteiger partial charge in [0.05, 0.1) is 0 Å². The van der Waals surface area contributed by atoms with Gasteiger partial charge in [-0.2, -0.15) is 4.68 Å². The van der Waals surface area contributed by atoms with Gasteiger partial charge < -0.3 is 15.5 Å². The molecule has 0 amide bonds. The van der Waals surface area contributed by atoms with Gasteiger partial charge in [0.25, 0.3) is 5.56 Å². The number of nitrogens with two attached hydrogens (primary N) is 1. The van der Waals surface area contributed by atoms with Crippen molar-refractivity contribution in [2.45, 2.75) is 13.5 Å². The molecule has 2 heterocycles. The average Bonchev–Trinajstić information content (AvgIpc) is 2.87. The molecule has 0 saturated carbocycles. The zero-order chi connectivity index (χ0) is 13.1. The highest BCUT2D eigenvalue weighted by Crippen LogP contribution is 1.96. The third-order valence-electron chi connectivity index (χ3n) is 2.28. The number of nitrogens with zero attached hydrogens (tertiary/aromatic N) is 6. The molecule has 0 aliphatic rings. The molecule has 18 heavy (non-hydrogen) atoms. The molecule has 0 aliphatic heterocycles. The van der Waals surface area contributed by atoms with Crippen LogP contribution in [0.4, 0.5) is 0 Å². The monoisotopic (exact) mass is 249 g/mol. The van der Waals surface area contributed by atoms with Crippen molar-refractivity contribution in [1.82, 2.24) is 24.3 Å². The summed E-state index contributed by atoms with van der Waals surface area (Å²) in [6.45, 7) is 2.37. The van der Waals surface area contributed by atoms with Crippen molar-refractivity contribution in [3.63, 3.8) is 0 Å². The van der Waals surface area contributed by atoms with Crippen molar-refractivity contribution in [3.05, 3.63) is 34.9 Å². The van der Waals surface area contributed by atoms with E-state index in [0.717, 1.165) is 0 Å². The maximum atomic E-state index is 12.0. The topological polar surface area (TPSA) is 124 Å². The zero-order valence-electron chi connectivity index (χ0n) is 9.56. The highest BCUT2D eigenvalue weighted by Gasteiger charge is 2.11. The van der Waals surface area contributed by atoms with E-state index in [1.165, 1.54) is 21.8 Å². The van der Waals surface area contributed by atoms with Gasteiger partial charge in [-0.1, -0.05) is 5.16 Å². The Labute approximate surface area is 101 Å². The van der Waals surface area contributed by atoms with Crippen LogP contribution >= 0.6 is 0 Å². The van der Waals surface area contributed by atoms with E-state index in [9.17, 15) is 4.79 Å². The molecule has 94 valence electrons. The van der Waals surface area contributed by atoms with Gasteiger partial charge in [-0.15, -0.1) is 5.10 Å². The lowest BCUT2D eigenvalue weighted by Gasteiger charge is -2.03. The van der Waals surface area contributed by atoms with Crippen molar-refractivity contribution in [3.8, 4) is 5.82 Å². The zero-order valence-corrected chi connectivity index (χ0v) is 9.56. The van der Waals surface area contributed by atoms with Gasteiger partial charge in [-0.05, 0) is 6.92 Å². The molecule has 0 atom stereocenters. The summed E-state index contributed by atoms with van der Waals surface area (Å²) in [6.07, 6.45) is 4.34. The molecule has 0 saturated heterocycles. The molecule has 9 nitrogen and oxygen atoms in total. The van der Waals surface area contributed by atoms with Gasteiger partial charge in [0.15, 0.2) is 0 Å². The molecule has 0 aliphatic carbocycles.